The van der Waals surface area contributed by atoms with Crippen LogP contribution in [0.25, 0.3) is 0 Å². The Morgan fingerprint density at radius 1 is 0.508 bits per heavy atom. The number of quaternary nitrogens is 1. The van der Waals surface area contributed by atoms with Crippen LogP contribution in [0.2, 0.25) is 0 Å². The molecule has 0 aliphatic heterocycles. The summed E-state index contributed by atoms with van der Waals surface area (Å²) < 4.78 is 34.4. The molecule has 2 unspecified atom stereocenters. The van der Waals surface area contributed by atoms with Crippen molar-refractivity contribution in [1.82, 2.24) is 0 Å². The minimum atomic E-state index is -4.40. The predicted octanol–water partition coefficient (Wildman–Crippen LogP) is 14.7. The predicted molar refractivity (Wildman–Crippen MR) is 265 cm³/mol. The summed E-state index contributed by atoms with van der Waals surface area (Å²) in [6.45, 7) is 4.25. The van der Waals surface area contributed by atoms with Gasteiger partial charge in [0.15, 0.2) is 6.10 Å². The van der Waals surface area contributed by atoms with Crippen LogP contribution in [0.5, 0.6) is 0 Å². The van der Waals surface area contributed by atoms with E-state index in [9.17, 15) is 19.0 Å². The standard InChI is InChI=1S/C53H92NO8P/c1-6-8-10-12-14-16-18-20-22-24-26-27-28-30-32-34-36-38-40-42-44-46-53(56)62-51(50-61-63(57,58)60-48-47-54(3,4)5)49-59-52(55)45-43-41-39-37-35-33-31-29-25-23-21-19-17-15-13-11-9-7-2/h8,10,14,16,20,22-23,25-27,30,32,36,38,51H,6-7,9,11-13,15,17-19,21,24,28-29,31,33-35,37,39-50H2,1-5H3/p+1/b10-8-,16-14-,22-20-,25-23-,27-26-,32-30-,38-36-. The van der Waals surface area contributed by atoms with Crippen LogP contribution in [-0.4, -0.2) is 74.9 Å². The quantitative estimate of drug-likeness (QED) is 0.0212. The number of ether oxygens (including phenoxy) is 2. The number of nitrogens with zero attached hydrogens (tertiary/aromatic N) is 1. The lowest BCUT2D eigenvalue weighted by atomic mass is 10.1. The largest absolute Gasteiger partial charge is 0.472 e. The Bertz CT molecular complexity index is 1340. The Morgan fingerprint density at radius 2 is 0.905 bits per heavy atom. The summed E-state index contributed by atoms with van der Waals surface area (Å²) in [5.74, 6) is -0.859. The van der Waals surface area contributed by atoms with Gasteiger partial charge in [0.05, 0.1) is 27.7 Å². The van der Waals surface area contributed by atoms with Gasteiger partial charge in [-0.3, -0.25) is 18.6 Å². The van der Waals surface area contributed by atoms with Crippen molar-refractivity contribution >= 4 is 19.8 Å². The van der Waals surface area contributed by atoms with E-state index in [4.69, 9.17) is 18.5 Å². The first-order valence-corrected chi connectivity index (χ1v) is 26.3. The van der Waals surface area contributed by atoms with Crippen LogP contribution in [0.4, 0.5) is 0 Å². The third-order valence-electron chi connectivity index (χ3n) is 10.2. The van der Waals surface area contributed by atoms with Crippen LogP contribution in [0.1, 0.15) is 187 Å². The Balaban J connectivity index is 4.40. The summed E-state index contributed by atoms with van der Waals surface area (Å²) in [4.78, 5) is 35.5. The molecular weight excluding hydrogens is 810 g/mol. The smallest absolute Gasteiger partial charge is 0.462 e. The fraction of sp³-hybridized carbons (Fsp3) is 0.698. The number of phosphoric ester groups is 1. The van der Waals surface area contributed by atoms with E-state index in [1.807, 2.05) is 21.1 Å². The van der Waals surface area contributed by atoms with Crippen molar-refractivity contribution in [2.45, 2.75) is 193 Å². The number of carbonyl (C=O) groups excluding carboxylic acids is 2. The molecule has 0 saturated heterocycles. The molecule has 0 saturated carbocycles. The van der Waals surface area contributed by atoms with E-state index in [2.05, 4.69) is 98.9 Å². The van der Waals surface area contributed by atoms with Crippen molar-refractivity contribution in [2.75, 3.05) is 47.5 Å². The van der Waals surface area contributed by atoms with Gasteiger partial charge in [0.2, 0.25) is 0 Å². The summed E-state index contributed by atoms with van der Waals surface area (Å²) in [5, 5.41) is 0. The molecule has 0 amide bonds. The topological polar surface area (TPSA) is 108 Å². The van der Waals surface area contributed by atoms with Gasteiger partial charge in [0, 0.05) is 12.8 Å². The van der Waals surface area contributed by atoms with Gasteiger partial charge in [-0.25, -0.2) is 4.57 Å². The molecule has 0 aromatic heterocycles. The maximum atomic E-state index is 12.7. The Kier molecular flexibility index (Phi) is 42.4. The number of allylic oxidation sites excluding steroid dienone is 14. The maximum absolute atomic E-state index is 12.7. The number of hydrogen-bond acceptors (Lipinski definition) is 7. The second-order valence-corrected chi connectivity index (χ2v) is 18.9. The maximum Gasteiger partial charge on any atom is 0.472 e. The van der Waals surface area contributed by atoms with Gasteiger partial charge >= 0.3 is 19.8 Å². The molecule has 0 radical (unpaired) electrons. The van der Waals surface area contributed by atoms with Gasteiger partial charge in [-0.1, -0.05) is 170 Å². The lowest BCUT2D eigenvalue weighted by molar-refractivity contribution is -0.870. The highest BCUT2D eigenvalue weighted by Gasteiger charge is 2.27. The van der Waals surface area contributed by atoms with Gasteiger partial charge in [-0.2, -0.15) is 0 Å². The molecule has 2 atom stereocenters. The molecule has 63 heavy (non-hydrogen) atoms. The highest BCUT2D eigenvalue weighted by atomic mass is 31.2. The van der Waals surface area contributed by atoms with Crippen molar-refractivity contribution in [3.05, 3.63) is 85.1 Å². The molecule has 0 aromatic carbocycles. The summed E-state index contributed by atoms with van der Waals surface area (Å²) in [7, 11) is 1.43. The highest BCUT2D eigenvalue weighted by molar-refractivity contribution is 7.47. The van der Waals surface area contributed by atoms with Crippen LogP contribution in [0.3, 0.4) is 0 Å². The Hall–Kier alpha value is -2.81. The van der Waals surface area contributed by atoms with E-state index >= 15 is 0 Å². The number of hydrogen-bond donors (Lipinski definition) is 1. The Morgan fingerprint density at radius 3 is 1.40 bits per heavy atom. The van der Waals surface area contributed by atoms with Gasteiger partial charge in [0.1, 0.15) is 19.8 Å². The number of unbranched alkanes of at least 4 members (excludes halogenated alkanes) is 16. The molecular formula is C53H93NO8P+. The van der Waals surface area contributed by atoms with E-state index in [0.29, 0.717) is 17.4 Å². The molecule has 0 bridgehead atoms. The monoisotopic (exact) mass is 903 g/mol. The van der Waals surface area contributed by atoms with Gasteiger partial charge < -0.3 is 18.9 Å². The van der Waals surface area contributed by atoms with Crippen molar-refractivity contribution in [2.24, 2.45) is 0 Å². The minimum Gasteiger partial charge on any atom is -0.462 e. The van der Waals surface area contributed by atoms with Crippen molar-refractivity contribution in [1.29, 1.82) is 0 Å². The molecule has 0 rings (SSSR count). The summed E-state index contributed by atoms with van der Waals surface area (Å²) >= 11 is 0. The van der Waals surface area contributed by atoms with Gasteiger partial charge in [-0.15, -0.1) is 0 Å². The molecule has 0 heterocycles. The first kappa shape index (κ1) is 60.2. The number of rotatable bonds is 44. The number of esters is 2. The van der Waals surface area contributed by atoms with Gasteiger partial charge in [0.25, 0.3) is 0 Å². The molecule has 0 aliphatic rings. The highest BCUT2D eigenvalue weighted by Crippen LogP contribution is 2.43. The van der Waals surface area contributed by atoms with Crippen molar-refractivity contribution in [3.63, 3.8) is 0 Å². The average molecular weight is 903 g/mol. The second-order valence-electron chi connectivity index (χ2n) is 17.5. The molecule has 0 aliphatic carbocycles. The first-order valence-electron chi connectivity index (χ1n) is 24.8. The van der Waals surface area contributed by atoms with E-state index in [0.717, 1.165) is 83.5 Å². The zero-order chi connectivity index (χ0) is 46.4. The summed E-state index contributed by atoms with van der Waals surface area (Å²) in [5.41, 5.74) is 0. The van der Waals surface area contributed by atoms with Crippen molar-refractivity contribution in [3.8, 4) is 0 Å². The lowest BCUT2D eigenvalue weighted by Gasteiger charge is -2.24. The molecule has 0 spiro atoms. The van der Waals surface area contributed by atoms with Crippen LogP contribution in [0, 0.1) is 0 Å². The molecule has 0 fully saturated rings. The minimum absolute atomic E-state index is 0.0181. The normalized spacial score (nSPS) is 14.2. The Labute approximate surface area is 386 Å². The fourth-order valence-corrected chi connectivity index (χ4v) is 7.05. The van der Waals surface area contributed by atoms with E-state index < -0.39 is 26.5 Å². The van der Waals surface area contributed by atoms with E-state index in [1.165, 1.54) is 70.6 Å². The molecule has 9 nitrogen and oxygen atoms in total. The molecule has 10 heteroatoms. The van der Waals surface area contributed by atoms with E-state index in [-0.39, 0.29) is 32.0 Å². The van der Waals surface area contributed by atoms with Crippen LogP contribution < -0.4 is 0 Å². The SMILES string of the molecule is CC/C=C\C/C=C\C/C=C\C/C=C\C/C=C\C/C=C\CCCCC(=O)OC(COC(=O)CCCCCCCCC/C=C\CCCCCCCCC)COP(=O)(O)OCC[N+](C)(C)C. The second kappa shape index (κ2) is 44.4. The fourth-order valence-electron chi connectivity index (χ4n) is 6.31. The van der Waals surface area contributed by atoms with Crippen LogP contribution in [0.15, 0.2) is 85.1 Å². The van der Waals surface area contributed by atoms with Crippen LogP contribution in [-0.2, 0) is 32.7 Å². The first-order chi connectivity index (χ1) is 30.5. The lowest BCUT2D eigenvalue weighted by Crippen LogP contribution is -2.37. The molecule has 362 valence electrons. The zero-order valence-corrected chi connectivity index (χ0v) is 41.7. The summed E-state index contributed by atoms with van der Waals surface area (Å²) in [6, 6.07) is 0. The summed E-state index contributed by atoms with van der Waals surface area (Å²) in [6.07, 6.45) is 57.8. The number of carbonyl (C=O) groups is 2. The average Bonchev–Trinajstić information content (AvgIpc) is 3.24. The third kappa shape index (κ3) is 48.5. The van der Waals surface area contributed by atoms with Crippen LogP contribution >= 0.6 is 7.82 Å². The van der Waals surface area contributed by atoms with Gasteiger partial charge in [-0.05, 0) is 89.9 Å². The zero-order valence-electron chi connectivity index (χ0n) is 40.8. The van der Waals surface area contributed by atoms with Crippen molar-refractivity contribution < 1.29 is 42.1 Å². The molecule has 0 aromatic rings. The number of phosphoric acid groups is 1. The molecule has 1 N–H and O–H groups in total. The number of likely N-dealkylation sites (N-methyl/N-ethyl adjacent to an activating group) is 1. The van der Waals surface area contributed by atoms with E-state index in [1.54, 1.807) is 0 Å². The third-order valence-corrected chi connectivity index (χ3v) is 11.1.